The molecule has 11 heteroatoms. The van der Waals surface area contributed by atoms with E-state index in [2.05, 4.69) is 5.32 Å². The van der Waals surface area contributed by atoms with E-state index >= 15 is 0 Å². The number of fused-ring (bicyclic) bond motifs is 1. The predicted molar refractivity (Wildman–Crippen MR) is 125 cm³/mol. The molecule has 0 spiro atoms. The molecule has 174 valence electrons. The molecule has 1 aliphatic rings. The molecule has 0 unspecified atom stereocenters. The summed E-state index contributed by atoms with van der Waals surface area (Å²) in [6, 6.07) is 9.30. The van der Waals surface area contributed by atoms with E-state index in [1.54, 1.807) is 30.3 Å². The van der Waals surface area contributed by atoms with E-state index in [0.29, 0.717) is 59.0 Å². The second kappa shape index (κ2) is 11.1. The monoisotopic (exact) mass is 502 g/mol. The number of nitrogens with zero attached hydrogens (tertiary/aromatic N) is 1. The van der Waals surface area contributed by atoms with Crippen LogP contribution in [0.3, 0.4) is 0 Å². The fourth-order valence-electron chi connectivity index (χ4n) is 2.99. The van der Waals surface area contributed by atoms with Gasteiger partial charge in [-0.1, -0.05) is 17.7 Å². The number of hydrogen-bond acceptors (Lipinski definition) is 6. The first-order valence-electron chi connectivity index (χ1n) is 9.99. The molecule has 1 N–H and O–H groups in total. The van der Waals surface area contributed by atoms with E-state index in [0.717, 1.165) is 4.31 Å². The first kappa shape index (κ1) is 24.5. The van der Waals surface area contributed by atoms with Crippen LogP contribution in [0.5, 0.6) is 11.5 Å². The number of sulfonamides is 1. The molecule has 0 saturated heterocycles. The molecule has 0 atom stereocenters. The summed E-state index contributed by atoms with van der Waals surface area (Å²) >= 11 is 7.42. The highest BCUT2D eigenvalue weighted by Gasteiger charge is 2.25. The number of amides is 1. The molecular formula is C21H24ClFN2O5S2. The van der Waals surface area contributed by atoms with E-state index in [9.17, 15) is 17.6 Å². The summed E-state index contributed by atoms with van der Waals surface area (Å²) in [7, 11) is -3.70. The first-order valence-corrected chi connectivity index (χ1v) is 13.1. The topological polar surface area (TPSA) is 84.9 Å². The van der Waals surface area contributed by atoms with Gasteiger partial charge in [-0.2, -0.15) is 11.8 Å². The van der Waals surface area contributed by atoms with Gasteiger partial charge in [0.15, 0.2) is 11.5 Å². The zero-order valence-electron chi connectivity index (χ0n) is 17.5. The van der Waals surface area contributed by atoms with E-state index < -0.39 is 15.9 Å². The van der Waals surface area contributed by atoms with Gasteiger partial charge in [-0.05, 0) is 31.2 Å². The third kappa shape index (κ3) is 6.20. The summed E-state index contributed by atoms with van der Waals surface area (Å²) in [5.41, 5.74) is 0.749. The fraction of sp³-hybridized carbons (Fsp3) is 0.381. The van der Waals surface area contributed by atoms with Crippen molar-refractivity contribution < 1.29 is 27.1 Å². The number of halogens is 2. The van der Waals surface area contributed by atoms with Gasteiger partial charge in [0, 0.05) is 34.7 Å². The number of carbonyl (C=O) groups excluding carboxylic acids is 1. The molecule has 1 amide bonds. The zero-order valence-corrected chi connectivity index (χ0v) is 19.9. The molecule has 0 aliphatic carbocycles. The number of ether oxygens (including phenoxy) is 2. The van der Waals surface area contributed by atoms with Gasteiger partial charge in [-0.3, -0.25) is 9.10 Å². The Morgan fingerprint density at radius 3 is 2.69 bits per heavy atom. The number of rotatable bonds is 10. The molecule has 1 aliphatic heterocycles. The summed E-state index contributed by atoms with van der Waals surface area (Å²) < 4.78 is 51.1. The first-order chi connectivity index (χ1) is 15.3. The lowest BCUT2D eigenvalue weighted by Crippen LogP contribution is -2.42. The lowest BCUT2D eigenvalue weighted by molar-refractivity contribution is -0.119. The second-order valence-corrected chi connectivity index (χ2v) is 10.5. The maximum Gasteiger partial charge on any atom is 0.240 e. The Bertz CT molecular complexity index is 1050. The lowest BCUT2D eigenvalue weighted by atomic mass is 10.2. The van der Waals surface area contributed by atoms with Gasteiger partial charge in [0.05, 0.1) is 11.4 Å². The van der Waals surface area contributed by atoms with Crippen LogP contribution < -0.4 is 19.1 Å². The molecule has 2 aromatic carbocycles. The van der Waals surface area contributed by atoms with Crippen LogP contribution in [0.25, 0.3) is 0 Å². The second-order valence-electron chi connectivity index (χ2n) is 6.84. The van der Waals surface area contributed by atoms with Crippen LogP contribution in [0.1, 0.15) is 12.5 Å². The van der Waals surface area contributed by atoms with Crippen molar-refractivity contribution in [3.63, 3.8) is 0 Å². The molecule has 0 fully saturated rings. The Morgan fingerprint density at radius 2 is 1.97 bits per heavy atom. The maximum absolute atomic E-state index is 13.8. The number of thioether (sulfide) groups is 1. The van der Waals surface area contributed by atoms with Gasteiger partial charge in [-0.25, -0.2) is 12.8 Å². The van der Waals surface area contributed by atoms with Crippen molar-refractivity contribution in [1.29, 1.82) is 0 Å². The van der Waals surface area contributed by atoms with Crippen LogP contribution in [0.4, 0.5) is 10.1 Å². The normalized spacial score (nSPS) is 13.0. The quantitative estimate of drug-likeness (QED) is 0.501. The van der Waals surface area contributed by atoms with Crippen molar-refractivity contribution in [3.05, 3.63) is 52.8 Å². The molecule has 32 heavy (non-hydrogen) atoms. The number of nitrogens with one attached hydrogen (secondary N) is 1. The van der Waals surface area contributed by atoms with Gasteiger partial charge < -0.3 is 14.8 Å². The summed E-state index contributed by atoms with van der Waals surface area (Å²) in [4.78, 5) is 12.5. The average Bonchev–Trinajstić information content (AvgIpc) is 2.78. The van der Waals surface area contributed by atoms with E-state index in [-0.39, 0.29) is 18.1 Å². The summed E-state index contributed by atoms with van der Waals surface area (Å²) in [5, 5.41) is 3.07. The van der Waals surface area contributed by atoms with Crippen molar-refractivity contribution in [2.75, 3.05) is 42.1 Å². The molecule has 3 rings (SSSR count). The SMILES string of the molecule is CCS(=O)(=O)N(CC(=O)NCCSCc1c(F)cccc1Cl)c1ccc2c(c1)OCCO2. The summed E-state index contributed by atoms with van der Waals surface area (Å²) in [6.45, 7) is 2.25. The van der Waals surface area contributed by atoms with Crippen molar-refractivity contribution in [1.82, 2.24) is 5.32 Å². The zero-order chi connectivity index (χ0) is 23.1. The highest BCUT2D eigenvalue weighted by Crippen LogP contribution is 2.34. The molecule has 0 bridgehead atoms. The maximum atomic E-state index is 13.8. The van der Waals surface area contributed by atoms with E-state index in [1.807, 2.05) is 0 Å². The standard InChI is InChI=1S/C21H24ClFN2O5S2/c1-2-32(27,28)25(15-6-7-19-20(12-15)30-10-9-29-19)13-21(26)24-8-11-31-14-16-17(22)4-3-5-18(16)23/h3-7,12H,2,8-11,13-14H2,1H3,(H,24,26). The highest BCUT2D eigenvalue weighted by atomic mass is 35.5. The molecule has 1 heterocycles. The van der Waals surface area contributed by atoms with Gasteiger partial charge in [0.2, 0.25) is 15.9 Å². The lowest BCUT2D eigenvalue weighted by Gasteiger charge is -2.25. The largest absolute Gasteiger partial charge is 0.486 e. The Labute approximate surface area is 196 Å². The van der Waals surface area contributed by atoms with Crippen LogP contribution in [-0.4, -0.2) is 52.1 Å². The third-order valence-electron chi connectivity index (χ3n) is 4.68. The number of anilines is 1. The number of hydrogen-bond donors (Lipinski definition) is 1. The minimum absolute atomic E-state index is 0.159. The third-order valence-corrected chi connectivity index (χ3v) is 7.76. The minimum atomic E-state index is -3.70. The van der Waals surface area contributed by atoms with Crippen LogP contribution in [0, 0.1) is 5.82 Å². The molecule has 7 nitrogen and oxygen atoms in total. The van der Waals surface area contributed by atoms with Gasteiger partial charge in [-0.15, -0.1) is 0 Å². The Morgan fingerprint density at radius 1 is 1.22 bits per heavy atom. The fourth-order valence-corrected chi connectivity index (χ4v) is 5.24. The van der Waals surface area contributed by atoms with Crippen molar-refractivity contribution in [2.45, 2.75) is 12.7 Å². The Kier molecular flexibility index (Phi) is 8.50. The molecule has 0 saturated carbocycles. The summed E-state index contributed by atoms with van der Waals surface area (Å²) in [5.74, 6) is 0.887. The van der Waals surface area contributed by atoms with Crippen LogP contribution in [-0.2, 0) is 20.6 Å². The van der Waals surface area contributed by atoms with Gasteiger partial charge in [0.1, 0.15) is 25.6 Å². The number of carbonyl (C=O) groups is 1. The number of benzene rings is 2. The average molecular weight is 503 g/mol. The minimum Gasteiger partial charge on any atom is -0.486 e. The molecule has 0 aromatic heterocycles. The van der Waals surface area contributed by atoms with Crippen LogP contribution in [0.2, 0.25) is 5.02 Å². The van der Waals surface area contributed by atoms with Gasteiger partial charge >= 0.3 is 0 Å². The van der Waals surface area contributed by atoms with Crippen molar-refractivity contribution in [2.24, 2.45) is 0 Å². The predicted octanol–water partition coefficient (Wildman–Crippen LogP) is 3.46. The molecular weight excluding hydrogens is 479 g/mol. The molecule has 2 aromatic rings. The van der Waals surface area contributed by atoms with Crippen LogP contribution in [0.15, 0.2) is 36.4 Å². The van der Waals surface area contributed by atoms with E-state index in [1.165, 1.54) is 24.8 Å². The highest BCUT2D eigenvalue weighted by molar-refractivity contribution is 7.98. The Hall–Kier alpha value is -2.17. The molecule has 0 radical (unpaired) electrons. The Balaban J connectivity index is 1.56. The summed E-state index contributed by atoms with van der Waals surface area (Å²) in [6.07, 6.45) is 0. The smallest absolute Gasteiger partial charge is 0.240 e. The van der Waals surface area contributed by atoms with E-state index in [4.69, 9.17) is 21.1 Å². The van der Waals surface area contributed by atoms with Crippen molar-refractivity contribution in [3.8, 4) is 11.5 Å². The van der Waals surface area contributed by atoms with Crippen LogP contribution >= 0.6 is 23.4 Å². The van der Waals surface area contributed by atoms with Crippen molar-refractivity contribution >= 4 is 45.0 Å². The van der Waals surface area contributed by atoms with Gasteiger partial charge in [0.25, 0.3) is 0 Å².